The SMILES string of the molecule is CCCCCCCCCCCCC(=O)O[C@@H](CO)COC(=O)CCC/C=C\C[C@H]1[C@@H](O)CC(=O)[C@@H]1/C=C/[C@@H](O)CCCCC. The van der Waals surface area contributed by atoms with Gasteiger partial charge in [0.25, 0.3) is 0 Å². The molecule has 8 nitrogen and oxygen atoms in total. The van der Waals surface area contributed by atoms with Gasteiger partial charge in [0.1, 0.15) is 12.4 Å². The molecule has 0 bridgehead atoms. The molecule has 1 saturated carbocycles. The van der Waals surface area contributed by atoms with Crippen molar-refractivity contribution in [2.45, 2.75) is 161 Å². The number of carbonyl (C=O) groups is 3. The second-order valence-electron chi connectivity index (χ2n) is 12.4. The lowest BCUT2D eigenvalue weighted by atomic mass is 9.90. The fraction of sp³-hybridized carbons (Fsp3) is 0.806. The maximum absolute atomic E-state index is 12.4. The van der Waals surface area contributed by atoms with Gasteiger partial charge in [-0.1, -0.05) is 115 Å². The fourth-order valence-corrected chi connectivity index (χ4v) is 5.59. The van der Waals surface area contributed by atoms with Crippen molar-refractivity contribution < 1.29 is 39.2 Å². The van der Waals surface area contributed by atoms with Crippen LogP contribution in [0.15, 0.2) is 24.3 Å². The quantitative estimate of drug-likeness (QED) is 0.0511. The maximum Gasteiger partial charge on any atom is 0.306 e. The molecular weight excluding hydrogens is 560 g/mol. The normalized spacial score (nSPS) is 20.0. The molecule has 0 aromatic heterocycles. The Morgan fingerprint density at radius 1 is 0.864 bits per heavy atom. The highest BCUT2D eigenvalue weighted by Gasteiger charge is 2.39. The number of ether oxygens (including phenoxy) is 2. The summed E-state index contributed by atoms with van der Waals surface area (Å²) in [6.07, 6.45) is 23.2. The number of Topliss-reactive ketones (excluding diaryl/α,β-unsaturated/α-hetero) is 1. The second-order valence-corrected chi connectivity index (χ2v) is 12.4. The molecule has 0 aromatic rings. The van der Waals surface area contributed by atoms with Crippen molar-refractivity contribution in [2.75, 3.05) is 13.2 Å². The minimum absolute atomic E-state index is 0.00122. The van der Waals surface area contributed by atoms with Crippen LogP contribution in [0.5, 0.6) is 0 Å². The topological polar surface area (TPSA) is 130 Å². The molecule has 0 aliphatic heterocycles. The van der Waals surface area contributed by atoms with E-state index in [1.54, 1.807) is 12.2 Å². The van der Waals surface area contributed by atoms with E-state index in [1.807, 2.05) is 12.2 Å². The molecule has 8 heteroatoms. The zero-order chi connectivity index (χ0) is 32.4. The summed E-state index contributed by atoms with van der Waals surface area (Å²) in [5.74, 6) is -1.40. The molecule has 0 spiro atoms. The van der Waals surface area contributed by atoms with Crippen molar-refractivity contribution >= 4 is 17.7 Å². The minimum atomic E-state index is -0.852. The van der Waals surface area contributed by atoms with Gasteiger partial charge in [-0.25, -0.2) is 0 Å². The van der Waals surface area contributed by atoms with Crippen LogP contribution in [0, 0.1) is 11.8 Å². The molecule has 1 fully saturated rings. The molecule has 0 heterocycles. The van der Waals surface area contributed by atoms with Gasteiger partial charge in [-0.15, -0.1) is 0 Å². The summed E-state index contributed by atoms with van der Waals surface area (Å²) in [4.78, 5) is 36.6. The molecule has 5 atom stereocenters. The van der Waals surface area contributed by atoms with Crippen LogP contribution < -0.4 is 0 Å². The molecule has 0 radical (unpaired) electrons. The van der Waals surface area contributed by atoms with Crippen LogP contribution in [0.4, 0.5) is 0 Å². The van der Waals surface area contributed by atoms with Gasteiger partial charge < -0.3 is 24.8 Å². The number of esters is 2. The van der Waals surface area contributed by atoms with Crippen LogP contribution in [0.25, 0.3) is 0 Å². The van der Waals surface area contributed by atoms with Crippen LogP contribution in [0.2, 0.25) is 0 Å². The third-order valence-corrected chi connectivity index (χ3v) is 8.37. The number of aliphatic hydroxyl groups excluding tert-OH is 3. The molecule has 0 saturated heterocycles. The van der Waals surface area contributed by atoms with Crippen LogP contribution in [-0.4, -0.2) is 64.6 Å². The van der Waals surface area contributed by atoms with Crippen molar-refractivity contribution in [3.8, 4) is 0 Å². The Bertz CT molecular complexity index is 823. The van der Waals surface area contributed by atoms with E-state index >= 15 is 0 Å². The molecule has 1 aliphatic rings. The van der Waals surface area contributed by atoms with Gasteiger partial charge in [0.15, 0.2) is 6.10 Å². The maximum atomic E-state index is 12.4. The monoisotopic (exact) mass is 622 g/mol. The Labute approximate surface area is 266 Å². The molecule has 254 valence electrons. The fourth-order valence-electron chi connectivity index (χ4n) is 5.59. The first-order chi connectivity index (χ1) is 21.3. The Balaban J connectivity index is 2.20. The first-order valence-electron chi connectivity index (χ1n) is 17.5. The summed E-state index contributed by atoms with van der Waals surface area (Å²) in [5.41, 5.74) is 0. The van der Waals surface area contributed by atoms with E-state index in [2.05, 4.69) is 13.8 Å². The Morgan fingerprint density at radius 3 is 2.14 bits per heavy atom. The average Bonchev–Trinajstić information content (AvgIpc) is 3.27. The van der Waals surface area contributed by atoms with Gasteiger partial charge in [-0.3, -0.25) is 14.4 Å². The highest BCUT2D eigenvalue weighted by Crippen LogP contribution is 2.33. The number of ketones is 1. The molecule has 44 heavy (non-hydrogen) atoms. The number of hydrogen-bond acceptors (Lipinski definition) is 8. The summed E-state index contributed by atoms with van der Waals surface area (Å²) >= 11 is 0. The number of hydrogen-bond donors (Lipinski definition) is 3. The lowest BCUT2D eigenvalue weighted by Crippen LogP contribution is -2.28. The molecule has 0 amide bonds. The van der Waals surface area contributed by atoms with Gasteiger partial charge in [0.2, 0.25) is 0 Å². The predicted octanol–water partition coefficient (Wildman–Crippen LogP) is 6.92. The van der Waals surface area contributed by atoms with Crippen molar-refractivity contribution in [3.63, 3.8) is 0 Å². The zero-order valence-electron chi connectivity index (χ0n) is 27.6. The van der Waals surface area contributed by atoms with Crippen LogP contribution >= 0.6 is 0 Å². The lowest BCUT2D eigenvalue weighted by Gasteiger charge is -2.17. The summed E-state index contributed by atoms with van der Waals surface area (Å²) in [7, 11) is 0. The molecule has 0 unspecified atom stereocenters. The lowest BCUT2D eigenvalue weighted by molar-refractivity contribution is -0.161. The average molecular weight is 623 g/mol. The third-order valence-electron chi connectivity index (χ3n) is 8.37. The van der Waals surface area contributed by atoms with E-state index < -0.39 is 36.8 Å². The Hall–Kier alpha value is -2.03. The summed E-state index contributed by atoms with van der Waals surface area (Å²) < 4.78 is 10.5. The third kappa shape index (κ3) is 19.4. The van der Waals surface area contributed by atoms with E-state index in [0.717, 1.165) is 38.5 Å². The van der Waals surface area contributed by atoms with Crippen molar-refractivity contribution in [3.05, 3.63) is 24.3 Å². The van der Waals surface area contributed by atoms with Crippen molar-refractivity contribution in [2.24, 2.45) is 11.8 Å². The summed E-state index contributed by atoms with van der Waals surface area (Å²) in [6, 6.07) is 0. The smallest absolute Gasteiger partial charge is 0.306 e. The minimum Gasteiger partial charge on any atom is -0.462 e. The highest BCUT2D eigenvalue weighted by atomic mass is 16.6. The molecule has 3 N–H and O–H groups in total. The molecule has 0 aromatic carbocycles. The van der Waals surface area contributed by atoms with E-state index in [1.165, 1.54) is 44.9 Å². The van der Waals surface area contributed by atoms with Crippen LogP contribution in [0.1, 0.15) is 142 Å². The van der Waals surface area contributed by atoms with Gasteiger partial charge in [0, 0.05) is 31.1 Å². The number of carbonyl (C=O) groups excluding carboxylic acids is 3. The van der Waals surface area contributed by atoms with Crippen molar-refractivity contribution in [1.82, 2.24) is 0 Å². The van der Waals surface area contributed by atoms with E-state index in [9.17, 15) is 29.7 Å². The van der Waals surface area contributed by atoms with Crippen LogP contribution in [-0.2, 0) is 23.9 Å². The number of aliphatic hydroxyl groups is 3. The van der Waals surface area contributed by atoms with Gasteiger partial charge in [0.05, 0.1) is 18.8 Å². The first kappa shape index (κ1) is 40.0. The van der Waals surface area contributed by atoms with Gasteiger partial charge in [-0.05, 0) is 32.1 Å². The van der Waals surface area contributed by atoms with E-state index in [0.29, 0.717) is 32.1 Å². The Morgan fingerprint density at radius 2 is 1.48 bits per heavy atom. The summed E-state index contributed by atoms with van der Waals surface area (Å²) in [6.45, 7) is 3.77. The number of unbranched alkanes of at least 4 members (excludes halogenated alkanes) is 12. The molecule has 1 rings (SSSR count). The van der Waals surface area contributed by atoms with E-state index in [-0.39, 0.29) is 37.1 Å². The second kappa shape index (κ2) is 26.2. The summed E-state index contributed by atoms with van der Waals surface area (Å²) in [5, 5.41) is 30.0. The first-order valence-corrected chi connectivity index (χ1v) is 17.5. The largest absolute Gasteiger partial charge is 0.462 e. The van der Waals surface area contributed by atoms with Crippen LogP contribution in [0.3, 0.4) is 0 Å². The number of rotatable bonds is 27. The van der Waals surface area contributed by atoms with Gasteiger partial charge >= 0.3 is 11.9 Å². The number of allylic oxidation sites excluding steroid dienone is 3. The predicted molar refractivity (Wildman–Crippen MR) is 174 cm³/mol. The highest BCUT2D eigenvalue weighted by molar-refractivity contribution is 5.86. The van der Waals surface area contributed by atoms with E-state index in [4.69, 9.17) is 9.47 Å². The zero-order valence-corrected chi connectivity index (χ0v) is 27.6. The standard InChI is InChI=1S/C36H62O8/c1-3-5-7-8-9-10-11-12-13-19-23-36(42)44-30(27-37)28-43-35(41)22-18-15-14-17-21-31-32(34(40)26-33(31)39)25-24-29(38)20-16-6-4-2/h14,17,24-25,29-33,37-39H,3-13,15-16,18-23,26-28H2,1-2H3/b17-14-,25-24+/t29-,30-,31+,32+,33-/m0/s1. The molecule has 1 aliphatic carbocycles. The molecular formula is C36H62O8. The van der Waals surface area contributed by atoms with Crippen molar-refractivity contribution in [1.29, 1.82) is 0 Å². The Kier molecular flexibility index (Phi) is 23.8. The van der Waals surface area contributed by atoms with Gasteiger partial charge in [-0.2, -0.15) is 0 Å².